The van der Waals surface area contributed by atoms with Crippen LogP contribution in [0, 0.1) is 5.92 Å². The minimum atomic E-state index is 0. The topological polar surface area (TPSA) is 48.9 Å². The zero-order valence-corrected chi connectivity index (χ0v) is 18.7. The molecule has 1 aromatic carbocycles. The lowest BCUT2D eigenvalue weighted by Gasteiger charge is -2.33. The van der Waals surface area contributed by atoms with Crippen LogP contribution in [0.25, 0.3) is 0 Å². The molecule has 2 rings (SSSR count). The Balaban J connectivity index is 0.00000338. The highest BCUT2D eigenvalue weighted by molar-refractivity contribution is 14.0. The third-order valence-electron chi connectivity index (χ3n) is 4.43. The number of benzene rings is 1. The van der Waals surface area contributed by atoms with Crippen LogP contribution in [0.3, 0.4) is 0 Å². The largest absolute Gasteiger partial charge is 0.375 e. The lowest BCUT2D eigenvalue weighted by Crippen LogP contribution is -2.49. The Kier molecular flexibility index (Phi) is 11.9. The van der Waals surface area contributed by atoms with Gasteiger partial charge in [-0.1, -0.05) is 44.2 Å². The molecule has 0 atom stereocenters. The fourth-order valence-corrected chi connectivity index (χ4v) is 3.17. The molecule has 1 fully saturated rings. The van der Waals surface area contributed by atoms with Crippen LogP contribution in [0.1, 0.15) is 32.3 Å². The van der Waals surface area contributed by atoms with E-state index in [-0.39, 0.29) is 24.0 Å². The van der Waals surface area contributed by atoms with Gasteiger partial charge in [-0.05, 0) is 24.3 Å². The molecule has 148 valence electrons. The maximum atomic E-state index is 5.70. The van der Waals surface area contributed by atoms with Gasteiger partial charge in [-0.15, -0.1) is 24.0 Å². The van der Waals surface area contributed by atoms with Gasteiger partial charge in [0.05, 0.1) is 13.2 Å². The Morgan fingerprint density at radius 3 is 2.54 bits per heavy atom. The first-order valence-corrected chi connectivity index (χ1v) is 9.48. The summed E-state index contributed by atoms with van der Waals surface area (Å²) in [5.41, 5.74) is 1.21. The van der Waals surface area contributed by atoms with Crippen LogP contribution in [0.15, 0.2) is 35.3 Å². The van der Waals surface area contributed by atoms with Crippen molar-refractivity contribution in [1.29, 1.82) is 0 Å². The summed E-state index contributed by atoms with van der Waals surface area (Å²) in [4.78, 5) is 6.90. The second kappa shape index (κ2) is 13.3. The van der Waals surface area contributed by atoms with E-state index < -0.39 is 0 Å². The molecule has 1 saturated heterocycles. The highest BCUT2D eigenvalue weighted by atomic mass is 127. The first-order valence-electron chi connectivity index (χ1n) is 9.48. The van der Waals surface area contributed by atoms with Crippen LogP contribution in [-0.2, 0) is 11.3 Å². The van der Waals surface area contributed by atoms with Crippen molar-refractivity contribution in [3.05, 3.63) is 35.9 Å². The Hall–Kier alpha value is -0.860. The van der Waals surface area contributed by atoms with Gasteiger partial charge in [-0.3, -0.25) is 4.99 Å². The van der Waals surface area contributed by atoms with E-state index in [9.17, 15) is 0 Å². The van der Waals surface area contributed by atoms with Gasteiger partial charge in [0.1, 0.15) is 0 Å². The molecule has 5 nitrogen and oxygen atoms in total. The third kappa shape index (κ3) is 9.19. The van der Waals surface area contributed by atoms with E-state index in [1.807, 2.05) is 25.2 Å². The van der Waals surface area contributed by atoms with Gasteiger partial charge in [-0.25, -0.2) is 0 Å². The number of likely N-dealkylation sites (tertiary alicyclic amines) is 1. The van der Waals surface area contributed by atoms with Crippen LogP contribution in [-0.4, -0.2) is 56.7 Å². The molecular weight excluding hydrogens is 439 g/mol. The number of nitrogens with zero attached hydrogens (tertiary/aromatic N) is 2. The molecule has 0 spiro atoms. The van der Waals surface area contributed by atoms with E-state index in [2.05, 4.69) is 46.5 Å². The minimum absolute atomic E-state index is 0. The Morgan fingerprint density at radius 2 is 1.92 bits per heavy atom. The molecule has 1 heterocycles. The maximum absolute atomic E-state index is 5.70. The lowest BCUT2D eigenvalue weighted by molar-refractivity contribution is 0.125. The number of hydrogen-bond donors (Lipinski definition) is 2. The summed E-state index contributed by atoms with van der Waals surface area (Å²) >= 11 is 0. The van der Waals surface area contributed by atoms with Gasteiger partial charge < -0.3 is 20.3 Å². The van der Waals surface area contributed by atoms with Gasteiger partial charge >= 0.3 is 0 Å². The van der Waals surface area contributed by atoms with Crippen molar-refractivity contribution in [2.45, 2.75) is 39.3 Å². The summed E-state index contributed by atoms with van der Waals surface area (Å²) in [7, 11) is 1.83. The summed E-state index contributed by atoms with van der Waals surface area (Å²) in [5.74, 6) is 1.63. The second-order valence-corrected chi connectivity index (χ2v) is 7.15. The summed E-state index contributed by atoms with van der Waals surface area (Å²) in [6, 6.07) is 10.8. The summed E-state index contributed by atoms with van der Waals surface area (Å²) in [5, 5.41) is 6.89. The summed E-state index contributed by atoms with van der Waals surface area (Å²) < 4.78 is 5.70. The molecule has 2 N–H and O–H groups in total. The van der Waals surface area contributed by atoms with Crippen molar-refractivity contribution in [3.63, 3.8) is 0 Å². The molecular formula is C20H35IN4O. The Bertz CT molecular complexity index is 502. The molecule has 26 heavy (non-hydrogen) atoms. The van der Waals surface area contributed by atoms with Crippen LogP contribution in [0.2, 0.25) is 0 Å². The molecule has 0 unspecified atom stereocenters. The van der Waals surface area contributed by atoms with Crippen molar-refractivity contribution in [3.8, 4) is 0 Å². The number of guanidine groups is 1. The quantitative estimate of drug-likeness (QED) is 0.263. The SMILES string of the molecule is CN=C(NCCOCc1ccccc1)NC1CCN(CC(C)C)CC1.I. The zero-order valence-electron chi connectivity index (χ0n) is 16.4. The highest BCUT2D eigenvalue weighted by Gasteiger charge is 2.20. The number of piperidine rings is 1. The molecule has 0 aromatic heterocycles. The maximum Gasteiger partial charge on any atom is 0.191 e. The monoisotopic (exact) mass is 474 g/mol. The molecule has 1 aliphatic heterocycles. The van der Waals surface area contributed by atoms with Gasteiger partial charge in [0.15, 0.2) is 5.96 Å². The van der Waals surface area contributed by atoms with Crippen LogP contribution in [0.5, 0.6) is 0 Å². The molecule has 6 heteroatoms. The number of halogens is 1. The molecule has 1 aromatic rings. The number of nitrogens with one attached hydrogen (secondary N) is 2. The average Bonchev–Trinajstić information content (AvgIpc) is 2.62. The molecule has 0 aliphatic carbocycles. The predicted octanol–water partition coefficient (Wildman–Crippen LogP) is 3.11. The lowest BCUT2D eigenvalue weighted by atomic mass is 10.0. The van der Waals surface area contributed by atoms with Gasteiger partial charge in [0.2, 0.25) is 0 Å². The van der Waals surface area contributed by atoms with E-state index in [0.29, 0.717) is 19.3 Å². The molecule has 0 radical (unpaired) electrons. The van der Waals surface area contributed by atoms with E-state index in [1.54, 1.807) is 0 Å². The second-order valence-electron chi connectivity index (χ2n) is 7.15. The van der Waals surface area contributed by atoms with Gasteiger partial charge in [-0.2, -0.15) is 0 Å². The van der Waals surface area contributed by atoms with Crippen molar-refractivity contribution in [2.75, 3.05) is 39.8 Å². The van der Waals surface area contributed by atoms with Gasteiger partial charge in [0.25, 0.3) is 0 Å². The molecule has 0 saturated carbocycles. The van der Waals surface area contributed by atoms with Gasteiger partial charge in [0, 0.05) is 39.3 Å². The predicted molar refractivity (Wildman–Crippen MR) is 120 cm³/mol. The first-order chi connectivity index (χ1) is 12.2. The third-order valence-corrected chi connectivity index (χ3v) is 4.43. The Labute approximate surface area is 176 Å². The minimum Gasteiger partial charge on any atom is -0.375 e. The van der Waals surface area contributed by atoms with E-state index in [1.165, 1.54) is 38.0 Å². The normalized spacial score (nSPS) is 16.4. The fourth-order valence-electron chi connectivity index (χ4n) is 3.17. The smallest absolute Gasteiger partial charge is 0.191 e. The highest BCUT2D eigenvalue weighted by Crippen LogP contribution is 2.11. The van der Waals surface area contributed by atoms with Crippen molar-refractivity contribution in [1.82, 2.24) is 15.5 Å². The summed E-state index contributed by atoms with van der Waals surface area (Å²) in [6.45, 7) is 10.2. The zero-order chi connectivity index (χ0) is 17.9. The van der Waals surface area contributed by atoms with E-state index >= 15 is 0 Å². The number of hydrogen-bond acceptors (Lipinski definition) is 3. The first kappa shape index (κ1) is 23.2. The van der Waals surface area contributed by atoms with Crippen molar-refractivity contribution >= 4 is 29.9 Å². The Morgan fingerprint density at radius 1 is 1.23 bits per heavy atom. The van der Waals surface area contributed by atoms with E-state index in [0.717, 1.165) is 18.4 Å². The number of ether oxygens (including phenoxy) is 1. The summed E-state index contributed by atoms with van der Waals surface area (Å²) in [6.07, 6.45) is 2.36. The number of aliphatic imine (C=N–C) groups is 1. The van der Waals surface area contributed by atoms with E-state index in [4.69, 9.17) is 4.74 Å². The van der Waals surface area contributed by atoms with Crippen LogP contribution < -0.4 is 10.6 Å². The average molecular weight is 474 g/mol. The van der Waals surface area contributed by atoms with Crippen LogP contribution in [0.4, 0.5) is 0 Å². The number of rotatable bonds is 8. The fraction of sp³-hybridized carbons (Fsp3) is 0.650. The molecule has 0 amide bonds. The molecule has 0 bridgehead atoms. The van der Waals surface area contributed by atoms with Crippen molar-refractivity contribution in [2.24, 2.45) is 10.9 Å². The standard InChI is InChI=1S/C20H34N4O.HI/c1-17(2)15-24-12-9-19(10-13-24)23-20(21-3)22-11-14-25-16-18-7-5-4-6-8-18;/h4-8,17,19H,9-16H2,1-3H3,(H2,21,22,23);1H. The van der Waals surface area contributed by atoms with Crippen LogP contribution >= 0.6 is 24.0 Å². The molecule has 1 aliphatic rings. The van der Waals surface area contributed by atoms with Crippen molar-refractivity contribution < 1.29 is 4.74 Å².